The van der Waals surface area contributed by atoms with Crippen LogP contribution < -0.4 is 5.32 Å². The van der Waals surface area contributed by atoms with Crippen LogP contribution in [0.25, 0.3) is 11.3 Å². The molecule has 0 bridgehead atoms. The Morgan fingerprint density at radius 1 is 1.30 bits per heavy atom. The summed E-state index contributed by atoms with van der Waals surface area (Å²) in [4.78, 5) is 14.2. The van der Waals surface area contributed by atoms with Gasteiger partial charge in [0.05, 0.1) is 6.20 Å². The highest BCUT2D eigenvalue weighted by atomic mass is 16.5. The van der Waals surface area contributed by atoms with E-state index >= 15 is 0 Å². The van der Waals surface area contributed by atoms with Crippen LogP contribution in [0, 0.1) is 0 Å². The van der Waals surface area contributed by atoms with Gasteiger partial charge in [-0.3, -0.25) is 4.79 Å². The van der Waals surface area contributed by atoms with Crippen molar-refractivity contribution in [3.63, 3.8) is 0 Å². The number of aromatic nitrogens is 1. The standard InChI is InChI=1S/C15H19N3O2/c1-18(2)10-6-9-16-15(19)13-11-17-20-14(13)12-7-4-3-5-8-12/h3-5,7-8,11H,6,9-10H2,1-2H3,(H,16,19). The molecule has 0 aliphatic rings. The van der Waals surface area contributed by atoms with Gasteiger partial charge in [0, 0.05) is 12.1 Å². The van der Waals surface area contributed by atoms with Gasteiger partial charge in [0.25, 0.3) is 5.91 Å². The molecule has 1 amide bonds. The van der Waals surface area contributed by atoms with Crippen LogP contribution in [0.2, 0.25) is 0 Å². The van der Waals surface area contributed by atoms with E-state index in [1.54, 1.807) is 0 Å². The first-order valence-corrected chi connectivity index (χ1v) is 6.61. The number of benzene rings is 1. The van der Waals surface area contributed by atoms with Gasteiger partial charge in [-0.2, -0.15) is 0 Å². The number of rotatable bonds is 6. The highest BCUT2D eigenvalue weighted by molar-refractivity contribution is 5.99. The first kappa shape index (κ1) is 14.3. The Morgan fingerprint density at radius 2 is 2.05 bits per heavy atom. The third kappa shape index (κ3) is 3.68. The molecule has 2 rings (SSSR count). The van der Waals surface area contributed by atoms with E-state index in [0.29, 0.717) is 17.9 Å². The lowest BCUT2D eigenvalue weighted by Crippen LogP contribution is -2.27. The molecule has 0 saturated heterocycles. The van der Waals surface area contributed by atoms with Gasteiger partial charge >= 0.3 is 0 Å². The fraction of sp³-hybridized carbons (Fsp3) is 0.333. The molecule has 1 heterocycles. The number of nitrogens with one attached hydrogen (secondary N) is 1. The van der Waals surface area contributed by atoms with Crippen LogP contribution in [0.1, 0.15) is 16.8 Å². The average Bonchev–Trinajstić information content (AvgIpc) is 2.93. The van der Waals surface area contributed by atoms with Crippen molar-refractivity contribution >= 4 is 5.91 Å². The Kier molecular flexibility index (Phi) is 4.90. The first-order chi connectivity index (χ1) is 9.68. The van der Waals surface area contributed by atoms with Gasteiger partial charge < -0.3 is 14.7 Å². The topological polar surface area (TPSA) is 58.4 Å². The van der Waals surface area contributed by atoms with Crippen LogP contribution >= 0.6 is 0 Å². The Hall–Kier alpha value is -2.14. The Balaban J connectivity index is 1.99. The maximum absolute atomic E-state index is 12.1. The molecule has 0 aliphatic heterocycles. The second kappa shape index (κ2) is 6.86. The normalized spacial score (nSPS) is 10.8. The summed E-state index contributed by atoms with van der Waals surface area (Å²) in [5.41, 5.74) is 1.32. The van der Waals surface area contributed by atoms with Gasteiger partial charge in [0.15, 0.2) is 5.76 Å². The summed E-state index contributed by atoms with van der Waals surface area (Å²) >= 11 is 0. The quantitative estimate of drug-likeness (QED) is 0.818. The summed E-state index contributed by atoms with van der Waals surface area (Å²) in [6.07, 6.45) is 2.37. The van der Waals surface area contributed by atoms with E-state index in [0.717, 1.165) is 18.5 Å². The van der Waals surface area contributed by atoms with Crippen molar-refractivity contribution in [1.82, 2.24) is 15.4 Å². The largest absolute Gasteiger partial charge is 0.355 e. The van der Waals surface area contributed by atoms with Crippen LogP contribution in [0.5, 0.6) is 0 Å². The Labute approximate surface area is 118 Å². The van der Waals surface area contributed by atoms with Gasteiger partial charge in [-0.1, -0.05) is 35.5 Å². The van der Waals surface area contributed by atoms with Crippen LogP contribution in [0.4, 0.5) is 0 Å². The van der Waals surface area contributed by atoms with Gasteiger partial charge in [-0.15, -0.1) is 0 Å². The van der Waals surface area contributed by atoms with E-state index in [1.807, 2.05) is 44.4 Å². The van der Waals surface area contributed by atoms with E-state index in [4.69, 9.17) is 4.52 Å². The number of hydrogen-bond acceptors (Lipinski definition) is 4. The lowest BCUT2D eigenvalue weighted by atomic mass is 10.1. The molecule has 0 aliphatic carbocycles. The van der Waals surface area contributed by atoms with Crippen LogP contribution in [-0.2, 0) is 0 Å². The van der Waals surface area contributed by atoms with Crippen LogP contribution in [0.15, 0.2) is 41.1 Å². The maximum Gasteiger partial charge on any atom is 0.256 e. The average molecular weight is 273 g/mol. The minimum atomic E-state index is -0.149. The molecule has 20 heavy (non-hydrogen) atoms. The monoisotopic (exact) mass is 273 g/mol. The minimum absolute atomic E-state index is 0.149. The van der Waals surface area contributed by atoms with E-state index < -0.39 is 0 Å². The van der Waals surface area contributed by atoms with E-state index in [9.17, 15) is 4.79 Å². The van der Waals surface area contributed by atoms with Crippen LogP contribution in [0.3, 0.4) is 0 Å². The number of nitrogens with zero attached hydrogens (tertiary/aromatic N) is 2. The summed E-state index contributed by atoms with van der Waals surface area (Å²) in [6.45, 7) is 1.58. The van der Waals surface area contributed by atoms with Crippen molar-refractivity contribution in [1.29, 1.82) is 0 Å². The molecule has 1 aromatic carbocycles. The van der Waals surface area contributed by atoms with Crippen LogP contribution in [-0.4, -0.2) is 43.1 Å². The van der Waals surface area contributed by atoms with Gasteiger partial charge in [0.1, 0.15) is 5.56 Å². The predicted octanol–water partition coefficient (Wildman–Crippen LogP) is 2.02. The lowest BCUT2D eigenvalue weighted by Gasteiger charge is -2.09. The third-order valence-corrected chi connectivity index (χ3v) is 2.92. The summed E-state index contributed by atoms with van der Waals surface area (Å²) in [5.74, 6) is 0.361. The number of carbonyl (C=O) groups excluding carboxylic acids is 1. The molecule has 1 N–H and O–H groups in total. The molecule has 0 atom stereocenters. The van der Waals surface area contributed by atoms with Crippen molar-refractivity contribution in [2.45, 2.75) is 6.42 Å². The molecule has 2 aromatic rings. The van der Waals surface area contributed by atoms with Crippen molar-refractivity contribution in [2.24, 2.45) is 0 Å². The minimum Gasteiger partial charge on any atom is -0.355 e. The molecule has 0 fully saturated rings. The second-order valence-corrected chi connectivity index (χ2v) is 4.85. The molecule has 1 aromatic heterocycles. The van der Waals surface area contributed by atoms with Crippen molar-refractivity contribution in [3.05, 3.63) is 42.1 Å². The van der Waals surface area contributed by atoms with E-state index in [1.165, 1.54) is 6.20 Å². The highest BCUT2D eigenvalue weighted by Gasteiger charge is 2.17. The maximum atomic E-state index is 12.1. The zero-order valence-corrected chi connectivity index (χ0v) is 11.8. The molecule has 106 valence electrons. The lowest BCUT2D eigenvalue weighted by molar-refractivity contribution is 0.0952. The number of carbonyl (C=O) groups is 1. The first-order valence-electron chi connectivity index (χ1n) is 6.61. The summed E-state index contributed by atoms with van der Waals surface area (Å²) < 4.78 is 5.20. The van der Waals surface area contributed by atoms with Crippen molar-refractivity contribution in [2.75, 3.05) is 27.2 Å². The third-order valence-electron chi connectivity index (χ3n) is 2.92. The van der Waals surface area contributed by atoms with Crippen molar-refractivity contribution < 1.29 is 9.32 Å². The number of amides is 1. The zero-order chi connectivity index (χ0) is 14.4. The molecule has 0 unspecified atom stereocenters. The molecule has 0 spiro atoms. The molecule has 0 saturated carbocycles. The van der Waals surface area contributed by atoms with E-state index in [-0.39, 0.29) is 5.91 Å². The predicted molar refractivity (Wildman–Crippen MR) is 77.4 cm³/mol. The molecule has 5 heteroatoms. The smallest absolute Gasteiger partial charge is 0.256 e. The molecule has 5 nitrogen and oxygen atoms in total. The van der Waals surface area contributed by atoms with Gasteiger partial charge in [0.2, 0.25) is 0 Å². The second-order valence-electron chi connectivity index (χ2n) is 4.85. The van der Waals surface area contributed by atoms with E-state index in [2.05, 4.69) is 15.4 Å². The van der Waals surface area contributed by atoms with Crippen molar-refractivity contribution in [3.8, 4) is 11.3 Å². The molecular formula is C15H19N3O2. The Morgan fingerprint density at radius 3 is 2.75 bits per heavy atom. The summed E-state index contributed by atoms with van der Waals surface area (Å²) in [6, 6.07) is 9.50. The molecular weight excluding hydrogens is 254 g/mol. The fourth-order valence-electron chi connectivity index (χ4n) is 1.89. The SMILES string of the molecule is CN(C)CCCNC(=O)c1cnoc1-c1ccccc1. The zero-order valence-electron chi connectivity index (χ0n) is 11.8. The fourth-order valence-corrected chi connectivity index (χ4v) is 1.89. The Bertz CT molecular complexity index is 549. The summed E-state index contributed by atoms with van der Waals surface area (Å²) in [7, 11) is 4.02. The number of hydrogen-bond donors (Lipinski definition) is 1. The summed E-state index contributed by atoms with van der Waals surface area (Å²) in [5, 5.41) is 6.62. The molecule has 0 radical (unpaired) electrons. The highest BCUT2D eigenvalue weighted by Crippen LogP contribution is 2.22. The van der Waals surface area contributed by atoms with Gasteiger partial charge in [-0.05, 0) is 27.1 Å². The van der Waals surface area contributed by atoms with Gasteiger partial charge in [-0.25, -0.2) is 0 Å².